The predicted molar refractivity (Wildman–Crippen MR) is 110 cm³/mol. The zero-order valence-corrected chi connectivity index (χ0v) is 17.3. The van der Waals surface area contributed by atoms with Gasteiger partial charge in [0, 0.05) is 12.6 Å². The second kappa shape index (κ2) is 8.37. The van der Waals surface area contributed by atoms with Crippen molar-refractivity contribution in [2.45, 2.75) is 11.6 Å². The Morgan fingerprint density at radius 2 is 1.79 bits per heavy atom. The number of halogens is 1. The van der Waals surface area contributed by atoms with Crippen LogP contribution in [0.1, 0.15) is 5.69 Å². The molecule has 7 nitrogen and oxygen atoms in total. The number of sulfonamides is 1. The van der Waals surface area contributed by atoms with Crippen LogP contribution < -0.4 is 0 Å². The summed E-state index contributed by atoms with van der Waals surface area (Å²) in [6.07, 6.45) is 1.23. The molecule has 1 heterocycles. The first-order valence-electron chi connectivity index (χ1n) is 8.20. The van der Waals surface area contributed by atoms with Crippen molar-refractivity contribution in [3.8, 4) is 17.3 Å². The zero-order valence-electron chi connectivity index (χ0n) is 14.9. The second-order valence-electron chi connectivity index (χ2n) is 5.90. The van der Waals surface area contributed by atoms with E-state index in [9.17, 15) is 13.7 Å². The monoisotopic (exact) mass is 457 g/mol. The summed E-state index contributed by atoms with van der Waals surface area (Å²) < 4.78 is 30.5. The lowest BCUT2D eigenvalue weighted by atomic mass is 10.1. The molecular weight excluding hydrogens is 442 g/mol. The first-order valence-corrected chi connectivity index (χ1v) is 10.4. The third-order valence-corrected chi connectivity index (χ3v) is 5.82. The molecule has 3 rings (SSSR count). The SMILES string of the molecule is CN(/C=N/S(=O)(=O)c1ccccc1)Cn1nc(C#N)c(Br)c1-c1ccccc1. The number of aromatic nitrogens is 2. The molecule has 0 radical (unpaired) electrons. The van der Waals surface area contributed by atoms with Crippen molar-refractivity contribution >= 4 is 32.3 Å². The highest BCUT2D eigenvalue weighted by molar-refractivity contribution is 9.10. The molecule has 28 heavy (non-hydrogen) atoms. The molecule has 0 saturated heterocycles. The molecule has 0 bridgehead atoms. The summed E-state index contributed by atoms with van der Waals surface area (Å²) >= 11 is 3.44. The lowest BCUT2D eigenvalue weighted by molar-refractivity contribution is 0.388. The standard InChI is InChI=1S/C19H16BrN5O2S/c1-24(13-22-28(26,27)16-10-6-3-7-11-16)14-25-19(15-8-4-2-5-9-15)18(20)17(12-21)23-25/h2-11,13H,14H2,1H3/b22-13+. The fourth-order valence-electron chi connectivity index (χ4n) is 2.53. The summed E-state index contributed by atoms with van der Waals surface area (Å²) in [5, 5.41) is 13.6. The fraction of sp³-hybridized carbons (Fsp3) is 0.105. The van der Waals surface area contributed by atoms with Crippen molar-refractivity contribution < 1.29 is 8.42 Å². The van der Waals surface area contributed by atoms with Crippen molar-refractivity contribution in [3.63, 3.8) is 0 Å². The zero-order chi connectivity index (χ0) is 20.1. The molecule has 0 amide bonds. The van der Waals surface area contributed by atoms with E-state index in [1.54, 1.807) is 34.8 Å². The second-order valence-corrected chi connectivity index (χ2v) is 8.32. The molecule has 0 saturated carbocycles. The van der Waals surface area contributed by atoms with E-state index in [-0.39, 0.29) is 17.3 Å². The Morgan fingerprint density at radius 1 is 1.18 bits per heavy atom. The first kappa shape index (κ1) is 19.8. The smallest absolute Gasteiger partial charge is 0.283 e. The van der Waals surface area contributed by atoms with Gasteiger partial charge in [0.2, 0.25) is 0 Å². The van der Waals surface area contributed by atoms with Crippen LogP contribution in [0.25, 0.3) is 11.3 Å². The van der Waals surface area contributed by atoms with E-state index in [0.717, 1.165) is 11.3 Å². The summed E-state index contributed by atoms with van der Waals surface area (Å²) in [6.45, 7) is 0.207. The van der Waals surface area contributed by atoms with Gasteiger partial charge >= 0.3 is 0 Å². The Kier molecular flexibility index (Phi) is 5.92. The average molecular weight is 458 g/mol. The van der Waals surface area contributed by atoms with Crippen LogP contribution in [-0.4, -0.2) is 36.5 Å². The van der Waals surface area contributed by atoms with Crippen molar-refractivity contribution in [2.24, 2.45) is 4.40 Å². The van der Waals surface area contributed by atoms with Gasteiger partial charge < -0.3 is 4.90 Å². The molecule has 0 spiro atoms. The summed E-state index contributed by atoms with van der Waals surface area (Å²) in [5.74, 6) is 0. The van der Waals surface area contributed by atoms with Crippen molar-refractivity contribution in [1.29, 1.82) is 5.26 Å². The Morgan fingerprint density at radius 3 is 2.39 bits per heavy atom. The van der Waals surface area contributed by atoms with E-state index >= 15 is 0 Å². The average Bonchev–Trinajstić information content (AvgIpc) is 3.03. The number of nitrogens with zero attached hydrogens (tertiary/aromatic N) is 5. The van der Waals surface area contributed by atoms with Crippen LogP contribution in [0, 0.1) is 11.3 Å². The molecule has 1 aromatic heterocycles. The van der Waals surface area contributed by atoms with Gasteiger partial charge in [-0.05, 0) is 28.1 Å². The van der Waals surface area contributed by atoms with Gasteiger partial charge in [-0.1, -0.05) is 48.5 Å². The van der Waals surface area contributed by atoms with E-state index in [1.165, 1.54) is 18.5 Å². The Balaban J connectivity index is 1.87. The lowest BCUT2D eigenvalue weighted by Gasteiger charge is -2.15. The molecule has 0 atom stereocenters. The molecule has 0 aliphatic carbocycles. The summed E-state index contributed by atoms with van der Waals surface area (Å²) in [7, 11) is -2.10. The van der Waals surface area contributed by atoms with Gasteiger partial charge in [0.05, 0.1) is 15.1 Å². The van der Waals surface area contributed by atoms with Crippen LogP contribution in [0.2, 0.25) is 0 Å². The van der Waals surface area contributed by atoms with Gasteiger partial charge in [-0.2, -0.15) is 18.8 Å². The van der Waals surface area contributed by atoms with Gasteiger partial charge in [0.1, 0.15) is 19.1 Å². The summed E-state index contributed by atoms with van der Waals surface area (Å²) in [4.78, 5) is 1.70. The van der Waals surface area contributed by atoms with Crippen LogP contribution in [0.4, 0.5) is 0 Å². The van der Waals surface area contributed by atoms with Gasteiger partial charge in [0.25, 0.3) is 10.0 Å². The summed E-state index contributed by atoms with van der Waals surface area (Å²) in [6, 6.07) is 19.6. The molecule has 0 aliphatic rings. The molecule has 0 fully saturated rings. The minimum Gasteiger partial charge on any atom is -0.345 e. The molecule has 0 N–H and O–H groups in total. The topological polar surface area (TPSA) is 91.3 Å². The molecule has 9 heteroatoms. The first-order chi connectivity index (χ1) is 13.4. The molecule has 2 aromatic carbocycles. The van der Waals surface area contributed by atoms with Crippen LogP contribution in [0.5, 0.6) is 0 Å². The van der Waals surface area contributed by atoms with Crippen LogP contribution in [-0.2, 0) is 16.7 Å². The largest absolute Gasteiger partial charge is 0.345 e. The number of hydrogen-bond donors (Lipinski definition) is 0. The van der Waals surface area contributed by atoms with Crippen LogP contribution in [0.15, 0.2) is 74.4 Å². The van der Waals surface area contributed by atoms with Crippen molar-refractivity contribution in [3.05, 3.63) is 70.8 Å². The molecule has 0 unspecified atom stereocenters. The van der Waals surface area contributed by atoms with E-state index in [4.69, 9.17) is 0 Å². The third-order valence-electron chi connectivity index (χ3n) is 3.83. The maximum absolute atomic E-state index is 12.3. The highest BCUT2D eigenvalue weighted by Crippen LogP contribution is 2.31. The van der Waals surface area contributed by atoms with Crippen molar-refractivity contribution in [1.82, 2.24) is 14.7 Å². The molecule has 142 valence electrons. The number of benzene rings is 2. The van der Waals surface area contributed by atoms with Gasteiger partial charge in [-0.15, -0.1) is 4.40 Å². The minimum atomic E-state index is -3.78. The maximum atomic E-state index is 12.3. The highest BCUT2D eigenvalue weighted by atomic mass is 79.9. The molecule has 3 aromatic rings. The summed E-state index contributed by atoms with van der Waals surface area (Å²) in [5.41, 5.74) is 1.86. The van der Waals surface area contributed by atoms with Gasteiger partial charge in [-0.3, -0.25) is 0 Å². The Labute approximate surface area is 171 Å². The third kappa shape index (κ3) is 4.30. The quantitative estimate of drug-likeness (QED) is 0.417. The van der Waals surface area contributed by atoms with E-state index in [0.29, 0.717) is 4.47 Å². The van der Waals surface area contributed by atoms with Crippen LogP contribution in [0.3, 0.4) is 0 Å². The molecular formula is C19H16BrN5O2S. The normalized spacial score (nSPS) is 11.5. The number of nitriles is 1. The maximum Gasteiger partial charge on any atom is 0.283 e. The highest BCUT2D eigenvalue weighted by Gasteiger charge is 2.18. The Hall–Kier alpha value is -2.96. The van der Waals surface area contributed by atoms with Gasteiger partial charge in [-0.25, -0.2) is 4.68 Å². The van der Waals surface area contributed by atoms with Crippen molar-refractivity contribution in [2.75, 3.05) is 7.05 Å². The number of rotatable bonds is 6. The van der Waals surface area contributed by atoms with Gasteiger partial charge in [0.15, 0.2) is 5.69 Å². The van der Waals surface area contributed by atoms with E-state index in [1.807, 2.05) is 36.4 Å². The number of hydrogen-bond acceptors (Lipinski definition) is 4. The Bertz CT molecular complexity index is 1140. The lowest BCUT2D eigenvalue weighted by Crippen LogP contribution is -2.22. The fourth-order valence-corrected chi connectivity index (χ4v) is 4.04. The van der Waals surface area contributed by atoms with Crippen LogP contribution >= 0.6 is 15.9 Å². The molecule has 0 aliphatic heterocycles. The van der Waals surface area contributed by atoms with E-state index in [2.05, 4.69) is 25.4 Å². The van der Waals surface area contributed by atoms with E-state index < -0.39 is 10.0 Å². The minimum absolute atomic E-state index is 0.123. The predicted octanol–water partition coefficient (Wildman–Crippen LogP) is 3.49.